The Morgan fingerprint density at radius 1 is 1.67 bits per heavy atom. The Bertz CT molecular complexity index is 180. The van der Waals surface area contributed by atoms with Gasteiger partial charge >= 0.3 is 0 Å². The molecule has 0 aromatic rings. The fourth-order valence-electron chi connectivity index (χ4n) is 0.479. The summed E-state index contributed by atoms with van der Waals surface area (Å²) in [5.74, 6) is -1.19. The van der Waals surface area contributed by atoms with E-state index in [0.29, 0.717) is 6.61 Å². The zero-order valence-corrected chi connectivity index (χ0v) is 8.11. The van der Waals surface area contributed by atoms with Crippen LogP contribution in [0.15, 0.2) is 11.8 Å². The van der Waals surface area contributed by atoms with E-state index in [9.17, 15) is 13.6 Å². The third-order valence-electron chi connectivity index (χ3n) is 1.05. The van der Waals surface area contributed by atoms with Gasteiger partial charge in [0.1, 0.15) is 0 Å². The first-order chi connectivity index (χ1) is 5.63. The lowest BCUT2D eigenvalue weighted by molar-refractivity contribution is -0.125. The SMILES string of the molecule is CCO/C=C(\CBr)C(=O)C(F)F. The molecule has 0 aromatic heterocycles. The average Bonchev–Trinajstić information content (AvgIpc) is 2.05. The smallest absolute Gasteiger partial charge is 0.300 e. The van der Waals surface area contributed by atoms with E-state index < -0.39 is 12.2 Å². The van der Waals surface area contributed by atoms with Crippen LogP contribution in [0.3, 0.4) is 0 Å². The number of rotatable bonds is 5. The van der Waals surface area contributed by atoms with E-state index >= 15 is 0 Å². The lowest BCUT2D eigenvalue weighted by Gasteiger charge is -2.01. The van der Waals surface area contributed by atoms with Crippen molar-refractivity contribution in [2.45, 2.75) is 13.3 Å². The van der Waals surface area contributed by atoms with Crippen molar-refractivity contribution in [3.63, 3.8) is 0 Å². The summed E-state index contributed by atoms with van der Waals surface area (Å²) in [6.45, 7) is 2.06. The van der Waals surface area contributed by atoms with E-state index in [0.717, 1.165) is 6.26 Å². The Balaban J connectivity index is 4.23. The minimum Gasteiger partial charge on any atom is -0.501 e. The maximum atomic E-state index is 11.8. The molecular weight excluding hydrogens is 234 g/mol. The fourth-order valence-corrected chi connectivity index (χ4v) is 0.888. The zero-order chi connectivity index (χ0) is 9.56. The molecule has 2 nitrogen and oxygen atoms in total. The molecule has 0 N–H and O–H groups in total. The number of hydrogen-bond donors (Lipinski definition) is 0. The van der Waals surface area contributed by atoms with Crippen molar-refractivity contribution in [3.8, 4) is 0 Å². The third-order valence-corrected chi connectivity index (χ3v) is 1.66. The van der Waals surface area contributed by atoms with E-state index in [4.69, 9.17) is 4.74 Å². The number of allylic oxidation sites excluding steroid dienone is 1. The fraction of sp³-hybridized carbons (Fsp3) is 0.571. The summed E-state index contributed by atoms with van der Waals surface area (Å²) in [6.07, 6.45) is -1.90. The van der Waals surface area contributed by atoms with Gasteiger partial charge in [-0.25, -0.2) is 8.78 Å². The number of ketones is 1. The molecule has 12 heavy (non-hydrogen) atoms. The van der Waals surface area contributed by atoms with Gasteiger partial charge in [-0.15, -0.1) is 0 Å². The highest BCUT2D eigenvalue weighted by Crippen LogP contribution is 2.08. The van der Waals surface area contributed by atoms with E-state index in [2.05, 4.69) is 15.9 Å². The highest BCUT2D eigenvalue weighted by molar-refractivity contribution is 9.09. The summed E-state index contributed by atoms with van der Waals surface area (Å²) >= 11 is 2.91. The Labute approximate surface area is 77.7 Å². The second-order valence-corrected chi connectivity index (χ2v) is 2.46. The Kier molecular flexibility index (Phi) is 5.88. The molecule has 0 radical (unpaired) electrons. The maximum absolute atomic E-state index is 11.8. The van der Waals surface area contributed by atoms with Gasteiger partial charge in [0, 0.05) is 10.9 Å². The summed E-state index contributed by atoms with van der Waals surface area (Å²) < 4.78 is 28.4. The van der Waals surface area contributed by atoms with Crippen LogP contribution in [0.25, 0.3) is 0 Å². The van der Waals surface area contributed by atoms with E-state index in [-0.39, 0.29) is 10.9 Å². The van der Waals surface area contributed by atoms with Crippen LogP contribution >= 0.6 is 15.9 Å². The first-order valence-electron chi connectivity index (χ1n) is 3.32. The topological polar surface area (TPSA) is 26.3 Å². The molecule has 0 aliphatic rings. The molecule has 0 aliphatic carbocycles. The molecule has 0 rings (SSSR count). The van der Waals surface area contributed by atoms with Gasteiger partial charge in [0.2, 0.25) is 5.78 Å². The van der Waals surface area contributed by atoms with E-state index in [1.165, 1.54) is 0 Å². The van der Waals surface area contributed by atoms with Gasteiger partial charge in [-0.05, 0) is 6.92 Å². The number of Topliss-reactive ketones (excluding diaryl/α,β-unsaturated/α-hetero) is 1. The van der Waals surface area contributed by atoms with Crippen LogP contribution in [0.5, 0.6) is 0 Å². The Morgan fingerprint density at radius 2 is 2.25 bits per heavy atom. The van der Waals surface area contributed by atoms with E-state index in [1.54, 1.807) is 6.92 Å². The first-order valence-corrected chi connectivity index (χ1v) is 4.44. The van der Waals surface area contributed by atoms with Gasteiger partial charge in [0.05, 0.1) is 12.9 Å². The van der Waals surface area contributed by atoms with Gasteiger partial charge in [-0.1, -0.05) is 15.9 Å². The molecule has 0 saturated heterocycles. The highest BCUT2D eigenvalue weighted by Gasteiger charge is 2.19. The normalized spacial score (nSPS) is 11.9. The predicted octanol–water partition coefficient (Wildman–Crippen LogP) is 2.14. The quantitative estimate of drug-likeness (QED) is 0.420. The predicted molar refractivity (Wildman–Crippen MR) is 44.5 cm³/mol. The molecule has 0 bridgehead atoms. The highest BCUT2D eigenvalue weighted by atomic mass is 79.9. The van der Waals surface area contributed by atoms with Crippen LogP contribution in [0.1, 0.15) is 6.92 Å². The zero-order valence-electron chi connectivity index (χ0n) is 6.52. The van der Waals surface area contributed by atoms with Crippen molar-refractivity contribution in [1.82, 2.24) is 0 Å². The van der Waals surface area contributed by atoms with Crippen molar-refractivity contribution >= 4 is 21.7 Å². The molecule has 70 valence electrons. The molecular formula is C7H9BrF2O2. The number of alkyl halides is 3. The van der Waals surface area contributed by atoms with Gasteiger partial charge in [0.15, 0.2) is 0 Å². The number of carbonyl (C=O) groups is 1. The summed E-state index contributed by atoms with van der Waals surface area (Å²) in [5, 5.41) is 0.0795. The molecule has 0 atom stereocenters. The molecule has 0 saturated carbocycles. The Hall–Kier alpha value is -0.450. The molecule has 0 aromatic carbocycles. The lowest BCUT2D eigenvalue weighted by atomic mass is 10.2. The van der Waals surface area contributed by atoms with E-state index in [1.807, 2.05) is 0 Å². The van der Waals surface area contributed by atoms with Gasteiger partial charge in [-0.2, -0.15) is 0 Å². The minimum atomic E-state index is -2.96. The number of halogens is 3. The molecule has 0 heterocycles. The Morgan fingerprint density at radius 3 is 2.58 bits per heavy atom. The minimum absolute atomic E-state index is 0.0492. The number of ether oxygens (including phenoxy) is 1. The van der Waals surface area contributed by atoms with Crippen LogP contribution in [-0.2, 0) is 9.53 Å². The molecule has 0 unspecified atom stereocenters. The summed E-state index contributed by atoms with van der Waals surface area (Å²) in [5.41, 5.74) is -0.0492. The second kappa shape index (κ2) is 6.11. The van der Waals surface area contributed by atoms with Gasteiger partial charge in [0.25, 0.3) is 6.43 Å². The third kappa shape index (κ3) is 3.80. The van der Waals surface area contributed by atoms with Crippen molar-refractivity contribution in [2.75, 3.05) is 11.9 Å². The average molecular weight is 243 g/mol. The van der Waals surface area contributed by atoms with Gasteiger partial charge in [-0.3, -0.25) is 4.79 Å². The molecule has 0 aliphatic heterocycles. The van der Waals surface area contributed by atoms with Crippen LogP contribution < -0.4 is 0 Å². The molecule has 0 amide bonds. The largest absolute Gasteiger partial charge is 0.501 e. The second-order valence-electron chi connectivity index (χ2n) is 1.90. The van der Waals surface area contributed by atoms with Crippen molar-refractivity contribution in [1.29, 1.82) is 0 Å². The first kappa shape index (κ1) is 11.6. The van der Waals surface area contributed by atoms with Crippen molar-refractivity contribution in [2.24, 2.45) is 0 Å². The molecule has 5 heteroatoms. The van der Waals surface area contributed by atoms with Crippen molar-refractivity contribution < 1.29 is 18.3 Å². The van der Waals surface area contributed by atoms with Gasteiger partial charge < -0.3 is 4.74 Å². The number of hydrogen-bond acceptors (Lipinski definition) is 2. The maximum Gasteiger partial charge on any atom is 0.300 e. The summed E-state index contributed by atoms with van der Waals surface area (Å²) in [4.78, 5) is 10.7. The monoisotopic (exact) mass is 242 g/mol. The van der Waals surface area contributed by atoms with Crippen LogP contribution in [-0.4, -0.2) is 24.1 Å². The van der Waals surface area contributed by atoms with Crippen LogP contribution in [0, 0.1) is 0 Å². The number of carbonyl (C=O) groups excluding carboxylic acids is 1. The lowest BCUT2D eigenvalue weighted by Crippen LogP contribution is -2.14. The molecule has 0 fully saturated rings. The summed E-state index contributed by atoms with van der Waals surface area (Å²) in [6, 6.07) is 0. The van der Waals surface area contributed by atoms with Crippen LogP contribution in [0.2, 0.25) is 0 Å². The summed E-state index contributed by atoms with van der Waals surface area (Å²) in [7, 11) is 0. The molecule has 0 spiro atoms. The van der Waals surface area contributed by atoms with Crippen LogP contribution in [0.4, 0.5) is 8.78 Å². The standard InChI is InChI=1S/C7H9BrF2O2/c1-2-12-4-5(3-8)6(11)7(9)10/h4,7H,2-3H2,1H3/b5-4+. The van der Waals surface area contributed by atoms with Crippen molar-refractivity contribution in [3.05, 3.63) is 11.8 Å².